The summed E-state index contributed by atoms with van der Waals surface area (Å²) in [6, 6.07) is 11.2. The molecule has 0 saturated carbocycles. The van der Waals surface area contributed by atoms with Crippen molar-refractivity contribution in [3.8, 4) is 0 Å². The van der Waals surface area contributed by atoms with Crippen LogP contribution in [0.4, 0.5) is 5.82 Å². The molecule has 0 radical (unpaired) electrons. The molecule has 3 N–H and O–H groups in total. The van der Waals surface area contributed by atoms with Gasteiger partial charge in [-0.05, 0) is 36.8 Å². The van der Waals surface area contributed by atoms with Gasteiger partial charge in [0.25, 0.3) is 0 Å². The molecule has 1 aromatic carbocycles. The third-order valence-electron chi connectivity index (χ3n) is 3.44. The SMILES string of the molecule is CC(c1ccc(Cl)cc1)N(C)c1ncccc1C(N)=NO. The summed E-state index contributed by atoms with van der Waals surface area (Å²) in [6.45, 7) is 2.05. The molecule has 6 heteroatoms. The van der Waals surface area contributed by atoms with E-state index in [0.717, 1.165) is 5.56 Å². The van der Waals surface area contributed by atoms with Crippen LogP contribution < -0.4 is 10.6 Å². The van der Waals surface area contributed by atoms with Crippen LogP contribution in [0.5, 0.6) is 0 Å². The highest BCUT2D eigenvalue weighted by atomic mass is 35.5. The van der Waals surface area contributed by atoms with E-state index in [1.807, 2.05) is 43.1 Å². The van der Waals surface area contributed by atoms with Gasteiger partial charge in [-0.25, -0.2) is 4.98 Å². The Balaban J connectivity index is 2.35. The van der Waals surface area contributed by atoms with Crippen molar-refractivity contribution in [1.29, 1.82) is 0 Å². The van der Waals surface area contributed by atoms with Crippen LogP contribution in [0.25, 0.3) is 0 Å². The van der Waals surface area contributed by atoms with Crippen molar-refractivity contribution in [3.05, 3.63) is 58.7 Å². The summed E-state index contributed by atoms with van der Waals surface area (Å²) in [6.07, 6.45) is 1.68. The van der Waals surface area contributed by atoms with Crippen molar-refractivity contribution in [2.45, 2.75) is 13.0 Å². The Morgan fingerprint density at radius 3 is 2.62 bits per heavy atom. The molecule has 0 amide bonds. The number of anilines is 1. The number of nitrogens with zero attached hydrogens (tertiary/aromatic N) is 3. The van der Waals surface area contributed by atoms with Crippen LogP contribution in [-0.4, -0.2) is 23.1 Å². The lowest BCUT2D eigenvalue weighted by molar-refractivity contribution is 0.318. The Hall–Kier alpha value is -2.27. The van der Waals surface area contributed by atoms with Crippen LogP contribution in [0.3, 0.4) is 0 Å². The lowest BCUT2D eigenvalue weighted by Gasteiger charge is -2.28. The van der Waals surface area contributed by atoms with Gasteiger partial charge in [0.1, 0.15) is 5.82 Å². The molecule has 1 atom stereocenters. The van der Waals surface area contributed by atoms with Gasteiger partial charge in [0.05, 0.1) is 11.6 Å². The Labute approximate surface area is 128 Å². The van der Waals surface area contributed by atoms with Crippen LogP contribution in [0.15, 0.2) is 47.8 Å². The molecule has 2 rings (SSSR count). The summed E-state index contributed by atoms with van der Waals surface area (Å²) < 4.78 is 0. The van der Waals surface area contributed by atoms with E-state index in [1.165, 1.54) is 0 Å². The monoisotopic (exact) mass is 304 g/mol. The van der Waals surface area contributed by atoms with Crippen molar-refractivity contribution >= 4 is 23.3 Å². The van der Waals surface area contributed by atoms with Crippen molar-refractivity contribution in [1.82, 2.24) is 4.98 Å². The standard InChI is InChI=1S/C15H17ClN4O/c1-10(11-5-7-12(16)8-6-11)20(2)15-13(14(17)19-21)4-3-9-18-15/h3-10,21H,1-2H3,(H2,17,19). The molecule has 0 saturated heterocycles. The average molecular weight is 305 g/mol. The molecular formula is C15H17ClN4O. The summed E-state index contributed by atoms with van der Waals surface area (Å²) >= 11 is 5.91. The van der Waals surface area contributed by atoms with Gasteiger partial charge in [0.2, 0.25) is 0 Å². The lowest BCUT2D eigenvalue weighted by Crippen LogP contribution is -2.26. The zero-order valence-electron chi connectivity index (χ0n) is 11.9. The molecule has 0 aliphatic heterocycles. The largest absolute Gasteiger partial charge is 0.409 e. The van der Waals surface area contributed by atoms with Gasteiger partial charge < -0.3 is 15.8 Å². The highest BCUT2D eigenvalue weighted by Gasteiger charge is 2.18. The fraction of sp³-hybridized carbons (Fsp3) is 0.200. The first-order chi connectivity index (χ1) is 10.0. The Morgan fingerprint density at radius 2 is 2.00 bits per heavy atom. The van der Waals surface area contributed by atoms with Gasteiger partial charge in [-0.2, -0.15) is 0 Å². The van der Waals surface area contributed by atoms with Crippen LogP contribution in [0.2, 0.25) is 5.02 Å². The van der Waals surface area contributed by atoms with Gasteiger partial charge in [0, 0.05) is 18.3 Å². The number of benzene rings is 1. The number of amidine groups is 1. The van der Waals surface area contributed by atoms with Crippen molar-refractivity contribution < 1.29 is 5.21 Å². The van der Waals surface area contributed by atoms with Gasteiger partial charge in [-0.15, -0.1) is 0 Å². The lowest BCUT2D eigenvalue weighted by atomic mass is 10.1. The summed E-state index contributed by atoms with van der Waals surface area (Å²) in [4.78, 5) is 6.31. The summed E-state index contributed by atoms with van der Waals surface area (Å²) in [5, 5.41) is 12.6. The quantitative estimate of drug-likeness (QED) is 0.394. The van der Waals surface area contributed by atoms with Gasteiger partial charge >= 0.3 is 0 Å². The van der Waals surface area contributed by atoms with Gasteiger partial charge in [-0.3, -0.25) is 0 Å². The van der Waals surface area contributed by atoms with Crippen LogP contribution in [-0.2, 0) is 0 Å². The fourth-order valence-corrected chi connectivity index (χ4v) is 2.21. The Morgan fingerprint density at radius 1 is 1.33 bits per heavy atom. The number of pyridine rings is 1. The molecule has 1 unspecified atom stereocenters. The van der Waals surface area contributed by atoms with Gasteiger partial charge in [0.15, 0.2) is 5.84 Å². The number of hydrogen-bond donors (Lipinski definition) is 2. The highest BCUT2D eigenvalue weighted by molar-refractivity contribution is 6.30. The zero-order valence-corrected chi connectivity index (χ0v) is 12.6. The minimum Gasteiger partial charge on any atom is -0.409 e. The van der Waals surface area contributed by atoms with E-state index in [9.17, 15) is 0 Å². The average Bonchev–Trinajstić information content (AvgIpc) is 2.53. The first kappa shape index (κ1) is 15.1. The van der Waals surface area contributed by atoms with E-state index < -0.39 is 0 Å². The fourth-order valence-electron chi connectivity index (χ4n) is 2.08. The molecule has 2 aromatic rings. The number of hydrogen-bond acceptors (Lipinski definition) is 4. The molecular weight excluding hydrogens is 288 g/mol. The number of nitrogens with two attached hydrogens (primary N) is 1. The minimum atomic E-state index is 0.0354. The van der Waals surface area contributed by atoms with Gasteiger partial charge in [-0.1, -0.05) is 28.9 Å². The van der Waals surface area contributed by atoms with Crippen LogP contribution in [0.1, 0.15) is 24.1 Å². The first-order valence-corrected chi connectivity index (χ1v) is 6.83. The van der Waals surface area contributed by atoms with E-state index in [1.54, 1.807) is 18.3 Å². The maximum absolute atomic E-state index is 8.88. The maximum atomic E-state index is 8.88. The van der Waals surface area contributed by atoms with Crippen molar-refractivity contribution in [3.63, 3.8) is 0 Å². The minimum absolute atomic E-state index is 0.0354. The van der Waals surface area contributed by atoms with Crippen molar-refractivity contribution in [2.24, 2.45) is 10.9 Å². The van der Waals surface area contributed by atoms with E-state index in [4.69, 9.17) is 22.5 Å². The molecule has 0 spiro atoms. The number of rotatable bonds is 4. The number of aromatic nitrogens is 1. The third kappa shape index (κ3) is 3.25. The molecule has 0 aliphatic carbocycles. The molecule has 1 heterocycles. The molecule has 1 aromatic heterocycles. The summed E-state index contributed by atoms with van der Waals surface area (Å²) in [5.74, 6) is 0.684. The van der Waals surface area contributed by atoms with E-state index in [2.05, 4.69) is 10.1 Å². The topological polar surface area (TPSA) is 74.7 Å². The van der Waals surface area contributed by atoms with E-state index >= 15 is 0 Å². The second-order valence-electron chi connectivity index (χ2n) is 4.70. The van der Waals surface area contributed by atoms with Crippen molar-refractivity contribution in [2.75, 3.05) is 11.9 Å². The number of oxime groups is 1. The van der Waals surface area contributed by atoms with Crippen LogP contribution >= 0.6 is 11.6 Å². The van der Waals surface area contributed by atoms with Crippen LogP contribution in [0, 0.1) is 0 Å². The Bertz CT molecular complexity index is 642. The first-order valence-electron chi connectivity index (χ1n) is 6.45. The summed E-state index contributed by atoms with van der Waals surface area (Å²) in [7, 11) is 1.91. The normalized spacial score (nSPS) is 13.0. The molecule has 0 aliphatic rings. The molecule has 21 heavy (non-hydrogen) atoms. The predicted octanol–water partition coefficient (Wildman–Crippen LogP) is 3.03. The molecule has 5 nitrogen and oxygen atoms in total. The highest BCUT2D eigenvalue weighted by Crippen LogP contribution is 2.27. The smallest absolute Gasteiger partial charge is 0.173 e. The second-order valence-corrected chi connectivity index (χ2v) is 5.13. The second kappa shape index (κ2) is 6.45. The Kier molecular flexibility index (Phi) is 4.65. The van der Waals surface area contributed by atoms with E-state index in [0.29, 0.717) is 16.4 Å². The number of halogens is 1. The predicted molar refractivity (Wildman–Crippen MR) is 85.0 cm³/mol. The molecule has 0 fully saturated rings. The molecule has 110 valence electrons. The summed E-state index contributed by atoms with van der Waals surface area (Å²) in [5.41, 5.74) is 7.39. The third-order valence-corrected chi connectivity index (χ3v) is 3.69. The van der Waals surface area contributed by atoms with E-state index in [-0.39, 0.29) is 11.9 Å². The zero-order chi connectivity index (χ0) is 15.4. The molecule has 0 bridgehead atoms. The maximum Gasteiger partial charge on any atom is 0.173 e.